The van der Waals surface area contributed by atoms with Gasteiger partial charge < -0.3 is 10.1 Å². The molecule has 25 heavy (non-hydrogen) atoms. The van der Waals surface area contributed by atoms with Crippen LogP contribution in [0.5, 0.6) is 5.75 Å². The molecule has 132 valence electrons. The normalized spacial score (nSPS) is 11.7. The third kappa shape index (κ3) is 5.29. The van der Waals surface area contributed by atoms with Crippen molar-refractivity contribution in [2.24, 2.45) is 0 Å². The second-order valence-corrected chi connectivity index (χ2v) is 5.96. The standard InChI is InChI=1S/C19H19ClFNO3/c1-3-18(23)13-4-7-15(8-5-13)25-11-19(24)22-12(2)14-6-9-17(21)16(20)10-14/h4-10,12H,3,11H2,1-2H3,(H,22,24). The monoisotopic (exact) mass is 363 g/mol. The van der Waals surface area contributed by atoms with Crippen molar-refractivity contribution < 1.29 is 18.7 Å². The van der Waals surface area contributed by atoms with Crippen LogP contribution in [-0.2, 0) is 4.79 Å². The van der Waals surface area contributed by atoms with Gasteiger partial charge in [-0.2, -0.15) is 0 Å². The highest BCUT2D eigenvalue weighted by Crippen LogP contribution is 2.20. The molecule has 1 amide bonds. The zero-order chi connectivity index (χ0) is 18.4. The summed E-state index contributed by atoms with van der Waals surface area (Å²) in [6.07, 6.45) is 0.438. The van der Waals surface area contributed by atoms with E-state index < -0.39 is 5.82 Å². The Kier molecular flexibility index (Phi) is 6.53. The number of carbonyl (C=O) groups is 2. The van der Waals surface area contributed by atoms with Crippen LogP contribution in [0.4, 0.5) is 4.39 Å². The van der Waals surface area contributed by atoms with Crippen LogP contribution in [0.2, 0.25) is 5.02 Å². The number of benzene rings is 2. The van der Waals surface area contributed by atoms with E-state index in [1.165, 1.54) is 12.1 Å². The van der Waals surface area contributed by atoms with Crippen molar-refractivity contribution in [3.05, 3.63) is 64.4 Å². The first kappa shape index (κ1) is 18.9. The first-order valence-electron chi connectivity index (χ1n) is 7.91. The van der Waals surface area contributed by atoms with Gasteiger partial charge in [0.25, 0.3) is 5.91 Å². The largest absolute Gasteiger partial charge is 0.484 e. The molecular weight excluding hydrogens is 345 g/mol. The SMILES string of the molecule is CCC(=O)c1ccc(OCC(=O)NC(C)c2ccc(F)c(Cl)c2)cc1. The lowest BCUT2D eigenvalue weighted by molar-refractivity contribution is -0.123. The van der Waals surface area contributed by atoms with Crippen molar-refractivity contribution >= 4 is 23.3 Å². The van der Waals surface area contributed by atoms with Gasteiger partial charge in [0.2, 0.25) is 0 Å². The van der Waals surface area contributed by atoms with Crippen LogP contribution in [0.15, 0.2) is 42.5 Å². The van der Waals surface area contributed by atoms with E-state index in [4.69, 9.17) is 16.3 Å². The van der Waals surface area contributed by atoms with Gasteiger partial charge in [-0.1, -0.05) is 24.6 Å². The predicted octanol–water partition coefficient (Wildman–Crippen LogP) is 4.33. The highest BCUT2D eigenvalue weighted by Gasteiger charge is 2.12. The van der Waals surface area contributed by atoms with Crippen LogP contribution in [0.1, 0.15) is 42.2 Å². The second kappa shape index (κ2) is 8.62. The number of Topliss-reactive ketones (excluding diaryl/α,β-unsaturated/α-hetero) is 1. The first-order valence-corrected chi connectivity index (χ1v) is 8.29. The predicted molar refractivity (Wildman–Crippen MR) is 94.5 cm³/mol. The summed E-state index contributed by atoms with van der Waals surface area (Å²) in [5.41, 5.74) is 1.31. The third-order valence-corrected chi connectivity index (χ3v) is 3.98. The number of amides is 1. The molecule has 0 spiro atoms. The highest BCUT2D eigenvalue weighted by molar-refractivity contribution is 6.30. The van der Waals surface area contributed by atoms with E-state index in [9.17, 15) is 14.0 Å². The fraction of sp³-hybridized carbons (Fsp3) is 0.263. The van der Waals surface area contributed by atoms with Crippen molar-refractivity contribution in [2.45, 2.75) is 26.3 Å². The smallest absolute Gasteiger partial charge is 0.258 e. The molecule has 1 N–H and O–H groups in total. The maximum Gasteiger partial charge on any atom is 0.258 e. The quantitative estimate of drug-likeness (QED) is 0.745. The van der Waals surface area contributed by atoms with Crippen LogP contribution in [0, 0.1) is 5.82 Å². The Labute approximate surface area is 150 Å². The molecule has 0 aliphatic rings. The molecule has 6 heteroatoms. The lowest BCUT2D eigenvalue weighted by Gasteiger charge is -2.15. The van der Waals surface area contributed by atoms with Crippen LogP contribution < -0.4 is 10.1 Å². The molecule has 2 aromatic rings. The lowest BCUT2D eigenvalue weighted by atomic mass is 10.1. The zero-order valence-electron chi connectivity index (χ0n) is 14.0. The molecule has 1 atom stereocenters. The molecule has 0 heterocycles. The molecule has 0 fully saturated rings. The lowest BCUT2D eigenvalue weighted by Crippen LogP contribution is -2.31. The van der Waals surface area contributed by atoms with Gasteiger partial charge in [-0.15, -0.1) is 0 Å². The summed E-state index contributed by atoms with van der Waals surface area (Å²) in [4.78, 5) is 23.5. The van der Waals surface area contributed by atoms with Crippen LogP contribution in [0.25, 0.3) is 0 Å². The molecule has 0 aliphatic carbocycles. The molecular formula is C19H19ClFNO3. The summed E-state index contributed by atoms with van der Waals surface area (Å²) >= 11 is 5.74. The molecule has 0 saturated heterocycles. The Balaban J connectivity index is 1.87. The van der Waals surface area contributed by atoms with Gasteiger partial charge >= 0.3 is 0 Å². The van der Waals surface area contributed by atoms with Crippen molar-refractivity contribution in [3.8, 4) is 5.75 Å². The van der Waals surface area contributed by atoms with Gasteiger partial charge in [-0.25, -0.2) is 4.39 Å². The van der Waals surface area contributed by atoms with Gasteiger partial charge in [0.05, 0.1) is 11.1 Å². The Morgan fingerprint density at radius 2 is 1.88 bits per heavy atom. The Morgan fingerprint density at radius 3 is 2.48 bits per heavy atom. The number of carbonyl (C=O) groups excluding carboxylic acids is 2. The van der Waals surface area contributed by atoms with Crippen molar-refractivity contribution in [2.75, 3.05) is 6.61 Å². The summed E-state index contributed by atoms with van der Waals surface area (Å²) in [6.45, 7) is 3.40. The molecule has 0 saturated carbocycles. The van der Waals surface area contributed by atoms with Crippen molar-refractivity contribution in [3.63, 3.8) is 0 Å². The number of hydrogen-bond acceptors (Lipinski definition) is 3. The molecule has 0 aliphatic heterocycles. The number of halogens is 2. The number of hydrogen-bond donors (Lipinski definition) is 1. The topological polar surface area (TPSA) is 55.4 Å². The van der Waals surface area contributed by atoms with E-state index in [1.54, 1.807) is 44.2 Å². The summed E-state index contributed by atoms with van der Waals surface area (Å²) in [7, 11) is 0. The van der Waals surface area contributed by atoms with E-state index in [-0.39, 0.29) is 29.4 Å². The first-order chi connectivity index (χ1) is 11.9. The maximum absolute atomic E-state index is 13.2. The van der Waals surface area contributed by atoms with Crippen LogP contribution >= 0.6 is 11.6 Å². The van der Waals surface area contributed by atoms with Gasteiger partial charge in [0.15, 0.2) is 12.4 Å². The molecule has 2 aromatic carbocycles. The van der Waals surface area contributed by atoms with Gasteiger partial charge in [-0.05, 0) is 48.9 Å². The Hall–Kier alpha value is -2.40. The molecule has 0 bridgehead atoms. The van der Waals surface area contributed by atoms with Crippen LogP contribution in [0.3, 0.4) is 0 Å². The van der Waals surface area contributed by atoms with E-state index >= 15 is 0 Å². The number of ketones is 1. The van der Waals surface area contributed by atoms with E-state index in [0.717, 1.165) is 0 Å². The second-order valence-electron chi connectivity index (χ2n) is 5.55. The number of rotatable bonds is 7. The molecule has 0 aromatic heterocycles. The Bertz CT molecular complexity index is 762. The highest BCUT2D eigenvalue weighted by atomic mass is 35.5. The fourth-order valence-electron chi connectivity index (χ4n) is 2.24. The van der Waals surface area contributed by atoms with Crippen molar-refractivity contribution in [1.82, 2.24) is 5.32 Å². The van der Waals surface area contributed by atoms with Gasteiger partial charge in [0.1, 0.15) is 11.6 Å². The molecule has 1 unspecified atom stereocenters. The minimum absolute atomic E-state index is 0.0107. The summed E-state index contributed by atoms with van der Waals surface area (Å²) < 4.78 is 18.6. The minimum atomic E-state index is -0.503. The number of ether oxygens (including phenoxy) is 1. The third-order valence-electron chi connectivity index (χ3n) is 3.69. The van der Waals surface area contributed by atoms with E-state index in [2.05, 4.69) is 5.32 Å². The summed E-state index contributed by atoms with van der Waals surface area (Å²) in [5, 5.41) is 2.76. The summed E-state index contributed by atoms with van der Waals surface area (Å²) in [6, 6.07) is 10.6. The molecule has 4 nitrogen and oxygen atoms in total. The maximum atomic E-state index is 13.2. The zero-order valence-corrected chi connectivity index (χ0v) is 14.8. The molecule has 0 radical (unpaired) electrons. The Morgan fingerprint density at radius 1 is 1.20 bits per heavy atom. The summed E-state index contributed by atoms with van der Waals surface area (Å²) in [5.74, 6) is -0.268. The average Bonchev–Trinajstić information content (AvgIpc) is 2.62. The van der Waals surface area contributed by atoms with E-state index in [1.807, 2.05) is 0 Å². The van der Waals surface area contributed by atoms with E-state index in [0.29, 0.717) is 23.3 Å². The average molecular weight is 364 g/mol. The van der Waals surface area contributed by atoms with Crippen LogP contribution in [-0.4, -0.2) is 18.3 Å². The molecule has 2 rings (SSSR count). The number of nitrogens with one attached hydrogen (secondary N) is 1. The van der Waals surface area contributed by atoms with Gasteiger partial charge in [0, 0.05) is 12.0 Å². The minimum Gasteiger partial charge on any atom is -0.484 e. The van der Waals surface area contributed by atoms with Gasteiger partial charge in [-0.3, -0.25) is 9.59 Å². The van der Waals surface area contributed by atoms with Crippen molar-refractivity contribution in [1.29, 1.82) is 0 Å². The fourth-order valence-corrected chi connectivity index (χ4v) is 2.43.